The lowest BCUT2D eigenvalue weighted by molar-refractivity contribution is -0.113. The first kappa shape index (κ1) is 20.7. The second-order valence-electron chi connectivity index (χ2n) is 7.78. The molecule has 0 unspecified atom stereocenters. The number of anilines is 1. The Kier molecular flexibility index (Phi) is 6.26. The van der Waals surface area contributed by atoms with Gasteiger partial charge in [-0.15, -0.1) is 11.3 Å². The standard InChI is InChI=1S/C23H24N4OS2/c1-14-8-9-17-18(12-24)22(30-20(17)10-14)27-21(28)13-29-23-25-15(2)19(26-23)11-16-6-4-3-5-7-16/h3-7,14H,8-11,13H2,1-2H3,(H,25,26)(H,27,28)/t14-/m0/s1. The molecule has 0 saturated carbocycles. The van der Waals surface area contributed by atoms with Gasteiger partial charge in [-0.2, -0.15) is 5.26 Å². The number of aromatic nitrogens is 2. The zero-order chi connectivity index (χ0) is 21.1. The minimum absolute atomic E-state index is 0.109. The first-order chi connectivity index (χ1) is 14.5. The van der Waals surface area contributed by atoms with Gasteiger partial charge in [-0.25, -0.2) is 4.98 Å². The lowest BCUT2D eigenvalue weighted by Gasteiger charge is -2.17. The third-order valence-corrected chi connectivity index (χ3v) is 7.44. The van der Waals surface area contributed by atoms with Crippen molar-refractivity contribution in [3.63, 3.8) is 0 Å². The van der Waals surface area contributed by atoms with Gasteiger partial charge in [0.25, 0.3) is 0 Å². The molecule has 2 heterocycles. The van der Waals surface area contributed by atoms with E-state index in [1.54, 1.807) is 11.3 Å². The second-order valence-corrected chi connectivity index (χ2v) is 9.85. The van der Waals surface area contributed by atoms with Crippen LogP contribution in [0.25, 0.3) is 0 Å². The number of hydrogen-bond acceptors (Lipinski definition) is 5. The Balaban J connectivity index is 1.38. The number of benzene rings is 1. The van der Waals surface area contributed by atoms with Gasteiger partial charge in [-0.3, -0.25) is 4.79 Å². The summed E-state index contributed by atoms with van der Waals surface area (Å²) < 4.78 is 0. The molecule has 0 aliphatic heterocycles. The zero-order valence-electron chi connectivity index (χ0n) is 17.1. The number of aromatic amines is 1. The van der Waals surface area contributed by atoms with Crippen LogP contribution in [0, 0.1) is 24.2 Å². The van der Waals surface area contributed by atoms with Crippen LogP contribution in [0.3, 0.4) is 0 Å². The van der Waals surface area contributed by atoms with Crippen molar-refractivity contribution in [1.82, 2.24) is 9.97 Å². The smallest absolute Gasteiger partial charge is 0.235 e. The van der Waals surface area contributed by atoms with Crippen molar-refractivity contribution in [1.29, 1.82) is 5.26 Å². The maximum Gasteiger partial charge on any atom is 0.235 e. The summed E-state index contributed by atoms with van der Waals surface area (Å²) in [4.78, 5) is 21.7. The number of nitrogens with one attached hydrogen (secondary N) is 2. The molecule has 154 valence electrons. The van der Waals surface area contributed by atoms with E-state index in [0.29, 0.717) is 16.5 Å². The van der Waals surface area contributed by atoms with E-state index in [0.717, 1.165) is 47.8 Å². The van der Waals surface area contributed by atoms with Gasteiger partial charge in [0.1, 0.15) is 11.1 Å². The molecule has 0 fully saturated rings. The van der Waals surface area contributed by atoms with Crippen molar-refractivity contribution in [2.24, 2.45) is 5.92 Å². The molecule has 5 nitrogen and oxygen atoms in total. The summed E-state index contributed by atoms with van der Waals surface area (Å²) in [5, 5.41) is 14.0. The van der Waals surface area contributed by atoms with E-state index in [4.69, 9.17) is 0 Å². The maximum absolute atomic E-state index is 12.5. The SMILES string of the molecule is Cc1[nH]c(SCC(=O)Nc2sc3c(c2C#N)CC[C@H](C)C3)nc1Cc1ccccc1. The highest BCUT2D eigenvalue weighted by atomic mass is 32.2. The highest BCUT2D eigenvalue weighted by Gasteiger charge is 2.24. The Morgan fingerprint density at radius 1 is 1.40 bits per heavy atom. The summed E-state index contributed by atoms with van der Waals surface area (Å²) in [6, 6.07) is 12.5. The van der Waals surface area contributed by atoms with Crippen molar-refractivity contribution < 1.29 is 4.79 Å². The van der Waals surface area contributed by atoms with Crippen LogP contribution in [-0.4, -0.2) is 21.6 Å². The molecule has 2 N–H and O–H groups in total. The molecule has 2 aromatic heterocycles. The van der Waals surface area contributed by atoms with Gasteiger partial charge < -0.3 is 10.3 Å². The number of rotatable bonds is 6. The molecule has 4 rings (SSSR count). The molecule has 0 bridgehead atoms. The van der Waals surface area contributed by atoms with Crippen molar-refractivity contribution in [3.05, 3.63) is 63.3 Å². The number of thiophene rings is 1. The molecule has 7 heteroatoms. The summed E-state index contributed by atoms with van der Waals surface area (Å²) >= 11 is 2.95. The number of fused-ring (bicyclic) bond motifs is 1. The normalized spacial score (nSPS) is 15.4. The van der Waals surface area contributed by atoms with Crippen molar-refractivity contribution in [2.45, 2.75) is 44.7 Å². The van der Waals surface area contributed by atoms with Crippen LogP contribution in [0.5, 0.6) is 0 Å². The Hall–Kier alpha value is -2.56. The fourth-order valence-corrected chi connectivity index (χ4v) is 5.87. The van der Waals surface area contributed by atoms with E-state index >= 15 is 0 Å². The summed E-state index contributed by atoms with van der Waals surface area (Å²) in [6.07, 6.45) is 3.79. The minimum atomic E-state index is -0.109. The number of hydrogen-bond donors (Lipinski definition) is 2. The van der Waals surface area contributed by atoms with E-state index in [1.165, 1.54) is 22.2 Å². The van der Waals surface area contributed by atoms with Crippen molar-refractivity contribution in [3.8, 4) is 6.07 Å². The van der Waals surface area contributed by atoms with E-state index in [9.17, 15) is 10.1 Å². The van der Waals surface area contributed by atoms with Crippen LogP contribution >= 0.6 is 23.1 Å². The van der Waals surface area contributed by atoms with E-state index in [2.05, 4.69) is 40.4 Å². The lowest BCUT2D eigenvalue weighted by atomic mass is 9.89. The number of thioether (sulfide) groups is 1. The molecule has 30 heavy (non-hydrogen) atoms. The molecule has 0 radical (unpaired) electrons. The largest absolute Gasteiger partial charge is 0.337 e. The number of nitrogens with zero attached hydrogens (tertiary/aromatic N) is 2. The monoisotopic (exact) mass is 436 g/mol. The Morgan fingerprint density at radius 3 is 2.97 bits per heavy atom. The predicted molar refractivity (Wildman–Crippen MR) is 122 cm³/mol. The van der Waals surface area contributed by atoms with Crippen molar-refractivity contribution >= 4 is 34.0 Å². The molecule has 3 aromatic rings. The average molecular weight is 437 g/mol. The van der Waals surface area contributed by atoms with E-state index in [-0.39, 0.29) is 11.7 Å². The molecular weight excluding hydrogens is 412 g/mol. The number of carbonyl (C=O) groups excluding carboxylic acids is 1. The van der Waals surface area contributed by atoms with Crippen LogP contribution in [0.2, 0.25) is 0 Å². The topological polar surface area (TPSA) is 81.6 Å². The second kappa shape index (κ2) is 9.07. The average Bonchev–Trinajstić information content (AvgIpc) is 3.25. The quantitative estimate of drug-likeness (QED) is 0.527. The van der Waals surface area contributed by atoms with Gasteiger partial charge in [-0.05, 0) is 43.2 Å². The highest BCUT2D eigenvalue weighted by molar-refractivity contribution is 7.99. The summed E-state index contributed by atoms with van der Waals surface area (Å²) in [5.41, 5.74) is 5.01. The summed E-state index contributed by atoms with van der Waals surface area (Å²) in [5.74, 6) is 0.776. The van der Waals surface area contributed by atoms with Gasteiger partial charge in [-0.1, -0.05) is 49.0 Å². The molecule has 1 aliphatic carbocycles. The number of amides is 1. The molecular formula is C23H24N4OS2. The van der Waals surface area contributed by atoms with Gasteiger partial charge in [0.05, 0.1) is 17.0 Å². The highest BCUT2D eigenvalue weighted by Crippen LogP contribution is 2.39. The molecule has 1 aromatic carbocycles. The fourth-order valence-electron chi connectivity index (χ4n) is 3.75. The number of H-pyrrole nitrogens is 1. The third kappa shape index (κ3) is 4.61. The van der Waals surface area contributed by atoms with Crippen LogP contribution in [0.15, 0.2) is 35.5 Å². The van der Waals surface area contributed by atoms with E-state index in [1.807, 2.05) is 25.1 Å². The van der Waals surface area contributed by atoms with Crippen LogP contribution in [0.1, 0.15) is 46.3 Å². The first-order valence-corrected chi connectivity index (χ1v) is 11.9. The number of carbonyl (C=O) groups is 1. The lowest BCUT2D eigenvalue weighted by Crippen LogP contribution is -2.14. The van der Waals surface area contributed by atoms with Gasteiger partial charge in [0.15, 0.2) is 5.16 Å². The van der Waals surface area contributed by atoms with Crippen LogP contribution < -0.4 is 5.32 Å². The van der Waals surface area contributed by atoms with Crippen LogP contribution in [0.4, 0.5) is 5.00 Å². The molecule has 0 saturated heterocycles. The number of nitriles is 1. The van der Waals surface area contributed by atoms with Crippen molar-refractivity contribution in [2.75, 3.05) is 11.1 Å². The molecule has 1 amide bonds. The fraction of sp³-hybridized carbons (Fsp3) is 0.348. The Bertz CT molecular complexity index is 1090. The van der Waals surface area contributed by atoms with Gasteiger partial charge in [0, 0.05) is 17.0 Å². The molecule has 0 spiro atoms. The summed E-state index contributed by atoms with van der Waals surface area (Å²) in [6.45, 7) is 4.24. The first-order valence-electron chi connectivity index (χ1n) is 10.1. The molecule has 1 atom stereocenters. The van der Waals surface area contributed by atoms with Crippen LogP contribution in [-0.2, 0) is 24.1 Å². The van der Waals surface area contributed by atoms with E-state index < -0.39 is 0 Å². The predicted octanol–water partition coefficient (Wildman–Crippen LogP) is 5.10. The summed E-state index contributed by atoms with van der Waals surface area (Å²) in [7, 11) is 0. The maximum atomic E-state index is 12.5. The molecule has 1 aliphatic rings. The number of aryl methyl sites for hydroxylation is 1. The minimum Gasteiger partial charge on any atom is -0.337 e. The Morgan fingerprint density at radius 2 is 2.20 bits per heavy atom. The van der Waals surface area contributed by atoms with Gasteiger partial charge >= 0.3 is 0 Å². The Labute approximate surface area is 184 Å². The zero-order valence-corrected chi connectivity index (χ0v) is 18.8. The number of imidazole rings is 1. The third-order valence-electron chi connectivity index (χ3n) is 5.39. The van der Waals surface area contributed by atoms with Gasteiger partial charge in [0.2, 0.25) is 5.91 Å².